The van der Waals surface area contributed by atoms with Crippen LogP contribution in [0.1, 0.15) is 23.3 Å². The van der Waals surface area contributed by atoms with Crippen molar-refractivity contribution in [2.45, 2.75) is 31.2 Å². The van der Waals surface area contributed by atoms with Crippen molar-refractivity contribution in [2.24, 2.45) is 5.92 Å². The molecule has 152 valence electrons. The Morgan fingerprint density at radius 3 is 2.56 bits per heavy atom. The molecule has 7 nitrogen and oxygen atoms in total. The van der Waals surface area contributed by atoms with E-state index in [0.717, 1.165) is 32.5 Å². The van der Waals surface area contributed by atoms with E-state index >= 15 is 0 Å². The second-order valence-electron chi connectivity index (χ2n) is 6.66. The van der Waals surface area contributed by atoms with Gasteiger partial charge in [-0.15, -0.1) is 11.3 Å². The van der Waals surface area contributed by atoms with Crippen molar-refractivity contribution in [1.82, 2.24) is 14.8 Å². The SMILES string of the molecule is CN(C)[C@@H]1CN(C(=O)c2cscn2)C[C@@H]2CCCO[C@@H]21.O=C(O)C(F)(F)F. The maximum absolute atomic E-state index is 12.5. The number of halogens is 3. The summed E-state index contributed by atoms with van der Waals surface area (Å²) in [5.41, 5.74) is 2.29. The van der Waals surface area contributed by atoms with Crippen molar-refractivity contribution in [3.63, 3.8) is 0 Å². The number of aromatic nitrogens is 1. The van der Waals surface area contributed by atoms with Gasteiger partial charge in [0, 0.05) is 31.0 Å². The molecule has 0 bridgehead atoms. The Morgan fingerprint density at radius 2 is 2.04 bits per heavy atom. The molecule has 1 amide bonds. The fourth-order valence-electron chi connectivity index (χ4n) is 3.28. The average molecular weight is 409 g/mol. The third kappa shape index (κ3) is 5.63. The Hall–Kier alpha value is -1.72. The minimum absolute atomic E-state index is 0.0575. The second kappa shape index (κ2) is 8.98. The molecule has 11 heteroatoms. The van der Waals surface area contributed by atoms with Crippen molar-refractivity contribution >= 4 is 23.2 Å². The van der Waals surface area contributed by atoms with Gasteiger partial charge in [0.25, 0.3) is 5.91 Å². The topological polar surface area (TPSA) is 83.0 Å². The Bertz CT molecular complexity index is 639. The Kier molecular flexibility index (Phi) is 7.18. The molecule has 0 saturated carbocycles. The van der Waals surface area contributed by atoms with Gasteiger partial charge in [0.15, 0.2) is 0 Å². The first-order chi connectivity index (χ1) is 12.6. The maximum Gasteiger partial charge on any atom is 0.490 e. The fourth-order valence-corrected chi connectivity index (χ4v) is 3.80. The summed E-state index contributed by atoms with van der Waals surface area (Å²) in [4.78, 5) is 29.7. The van der Waals surface area contributed by atoms with Crippen LogP contribution in [0, 0.1) is 5.92 Å². The largest absolute Gasteiger partial charge is 0.490 e. The molecule has 2 aliphatic heterocycles. The van der Waals surface area contributed by atoms with Crippen LogP contribution in [0.3, 0.4) is 0 Å². The quantitative estimate of drug-likeness (QED) is 0.804. The van der Waals surface area contributed by atoms with Crippen LogP contribution in [0.25, 0.3) is 0 Å². The van der Waals surface area contributed by atoms with E-state index in [0.29, 0.717) is 11.6 Å². The van der Waals surface area contributed by atoms with E-state index in [1.54, 1.807) is 5.51 Å². The van der Waals surface area contributed by atoms with E-state index in [1.807, 2.05) is 10.3 Å². The third-order valence-corrected chi connectivity index (χ3v) is 5.17. The van der Waals surface area contributed by atoms with Gasteiger partial charge in [-0.2, -0.15) is 13.2 Å². The number of hydrogen-bond donors (Lipinski definition) is 1. The van der Waals surface area contributed by atoms with E-state index < -0.39 is 12.1 Å². The number of aliphatic carboxylic acids is 1. The third-order valence-electron chi connectivity index (χ3n) is 4.58. The molecule has 0 aromatic carbocycles. The molecular weight excluding hydrogens is 387 g/mol. The molecule has 0 spiro atoms. The monoisotopic (exact) mass is 409 g/mol. The number of alkyl halides is 3. The van der Waals surface area contributed by atoms with E-state index in [9.17, 15) is 18.0 Å². The smallest absolute Gasteiger partial charge is 0.475 e. The van der Waals surface area contributed by atoms with E-state index in [-0.39, 0.29) is 18.1 Å². The number of carboxylic acid groups (broad SMARTS) is 1. The predicted octanol–water partition coefficient (Wildman–Crippen LogP) is 1.96. The van der Waals surface area contributed by atoms with Crippen LogP contribution in [0.2, 0.25) is 0 Å². The molecule has 27 heavy (non-hydrogen) atoms. The van der Waals surface area contributed by atoms with Gasteiger partial charge in [-0.25, -0.2) is 9.78 Å². The summed E-state index contributed by atoms with van der Waals surface area (Å²) in [6.07, 6.45) is -2.58. The number of likely N-dealkylation sites (N-methyl/N-ethyl adjacent to an activating group) is 1. The summed E-state index contributed by atoms with van der Waals surface area (Å²) in [7, 11) is 4.13. The highest BCUT2D eigenvalue weighted by Crippen LogP contribution is 2.31. The Morgan fingerprint density at radius 1 is 1.37 bits per heavy atom. The number of likely N-dealkylation sites (tertiary alicyclic amines) is 1. The number of carbonyl (C=O) groups is 2. The molecule has 1 N–H and O–H groups in total. The van der Waals surface area contributed by atoms with Gasteiger partial charge in [0.1, 0.15) is 5.69 Å². The summed E-state index contributed by atoms with van der Waals surface area (Å²) in [5.74, 6) is -2.25. The highest BCUT2D eigenvalue weighted by Gasteiger charge is 2.42. The summed E-state index contributed by atoms with van der Waals surface area (Å²) in [6, 6.07) is 0.275. The molecule has 0 aliphatic carbocycles. The molecule has 3 rings (SSSR count). The molecule has 3 heterocycles. The molecule has 0 radical (unpaired) electrons. The summed E-state index contributed by atoms with van der Waals surface area (Å²) in [5, 5.41) is 8.95. The van der Waals surface area contributed by atoms with Crippen molar-refractivity contribution in [3.05, 3.63) is 16.6 Å². The Balaban J connectivity index is 0.000000321. The van der Waals surface area contributed by atoms with Crippen molar-refractivity contribution in [1.29, 1.82) is 0 Å². The summed E-state index contributed by atoms with van der Waals surface area (Å²) >= 11 is 1.47. The summed E-state index contributed by atoms with van der Waals surface area (Å²) in [6.45, 7) is 2.38. The highest BCUT2D eigenvalue weighted by molar-refractivity contribution is 7.07. The first-order valence-corrected chi connectivity index (χ1v) is 9.31. The van der Waals surface area contributed by atoms with Gasteiger partial charge in [-0.1, -0.05) is 0 Å². The molecule has 2 saturated heterocycles. The zero-order valence-corrected chi connectivity index (χ0v) is 15.8. The highest BCUT2D eigenvalue weighted by atomic mass is 32.1. The van der Waals surface area contributed by atoms with Crippen molar-refractivity contribution < 1.29 is 32.6 Å². The van der Waals surface area contributed by atoms with Crippen LogP contribution >= 0.6 is 11.3 Å². The lowest BCUT2D eigenvalue weighted by molar-refractivity contribution is -0.192. The first-order valence-electron chi connectivity index (χ1n) is 8.37. The normalized spacial score (nSPS) is 25.4. The number of thiazole rings is 1. The van der Waals surface area contributed by atoms with Crippen LogP contribution in [0.5, 0.6) is 0 Å². The Labute approximate surface area is 158 Å². The molecule has 2 aliphatic rings. The van der Waals surface area contributed by atoms with Crippen LogP contribution < -0.4 is 0 Å². The summed E-state index contributed by atoms with van der Waals surface area (Å²) < 4.78 is 37.7. The van der Waals surface area contributed by atoms with Gasteiger partial charge < -0.3 is 19.6 Å². The number of carbonyl (C=O) groups excluding carboxylic acids is 1. The predicted molar refractivity (Wildman–Crippen MR) is 91.6 cm³/mol. The zero-order valence-electron chi connectivity index (χ0n) is 15.0. The van der Waals surface area contributed by atoms with Crippen LogP contribution in [-0.2, 0) is 9.53 Å². The van der Waals surface area contributed by atoms with E-state index in [2.05, 4.69) is 24.0 Å². The lowest BCUT2D eigenvalue weighted by Gasteiger charge is -2.47. The number of fused-ring (bicyclic) bond motifs is 1. The number of ether oxygens (including phenoxy) is 1. The molecule has 1 aromatic heterocycles. The van der Waals surface area contributed by atoms with Gasteiger partial charge in [0.05, 0.1) is 17.7 Å². The minimum Gasteiger partial charge on any atom is -0.475 e. The number of amides is 1. The van der Waals surface area contributed by atoms with Gasteiger partial charge >= 0.3 is 12.1 Å². The number of carboxylic acids is 1. The van der Waals surface area contributed by atoms with Crippen molar-refractivity contribution in [2.75, 3.05) is 33.8 Å². The number of nitrogens with zero attached hydrogens (tertiary/aromatic N) is 3. The van der Waals surface area contributed by atoms with Crippen LogP contribution in [0.15, 0.2) is 10.9 Å². The van der Waals surface area contributed by atoms with Crippen LogP contribution in [-0.4, -0.2) is 83.9 Å². The van der Waals surface area contributed by atoms with Crippen LogP contribution in [0.4, 0.5) is 13.2 Å². The number of hydrogen-bond acceptors (Lipinski definition) is 6. The standard InChI is InChI=1S/C14H21N3O2S.C2HF3O2/c1-16(2)12-7-17(14(18)11-8-20-9-15-11)6-10-4-3-5-19-13(10)12;3-2(4,5)1(6)7/h8-10,12-13H,3-7H2,1-2H3;(H,6,7)/t10-,12+,13-;/m0./s1. The van der Waals surface area contributed by atoms with Crippen molar-refractivity contribution in [3.8, 4) is 0 Å². The number of rotatable bonds is 2. The van der Waals surface area contributed by atoms with Gasteiger partial charge in [-0.3, -0.25) is 4.79 Å². The molecule has 1 aromatic rings. The zero-order chi connectivity index (χ0) is 20.2. The first kappa shape index (κ1) is 21.6. The molecular formula is C16H22F3N3O4S. The molecule has 0 unspecified atom stereocenters. The van der Waals surface area contributed by atoms with E-state index in [4.69, 9.17) is 14.6 Å². The van der Waals surface area contributed by atoms with Gasteiger partial charge in [-0.05, 0) is 26.9 Å². The second-order valence-corrected chi connectivity index (χ2v) is 7.37. The fraction of sp³-hybridized carbons (Fsp3) is 0.688. The maximum atomic E-state index is 12.5. The van der Waals surface area contributed by atoms with Gasteiger partial charge in [0.2, 0.25) is 0 Å². The average Bonchev–Trinajstić information content (AvgIpc) is 3.14. The van der Waals surface area contributed by atoms with E-state index in [1.165, 1.54) is 11.3 Å². The lowest BCUT2D eigenvalue weighted by atomic mass is 9.85. The number of piperidine rings is 1. The molecule has 2 fully saturated rings. The molecule has 3 atom stereocenters. The minimum atomic E-state index is -5.08. The lowest BCUT2D eigenvalue weighted by Crippen LogP contribution is -2.60.